The van der Waals surface area contributed by atoms with Crippen LogP contribution in [0.4, 0.5) is 0 Å². The number of Topliss-reactive ketones (excluding diaryl/α,β-unsaturated/α-hetero) is 1. The Morgan fingerprint density at radius 1 is 1.00 bits per heavy atom. The van der Waals surface area contributed by atoms with Crippen molar-refractivity contribution in [3.63, 3.8) is 0 Å². The van der Waals surface area contributed by atoms with Gasteiger partial charge in [-0.15, -0.1) is 0 Å². The minimum absolute atomic E-state index is 0.0384. The van der Waals surface area contributed by atoms with E-state index in [4.69, 9.17) is 4.74 Å². The molecule has 0 aromatic heterocycles. The van der Waals surface area contributed by atoms with Crippen LogP contribution in [0.2, 0.25) is 0 Å². The monoisotopic (exact) mass is 325 g/mol. The second kappa shape index (κ2) is 8.41. The average Bonchev–Trinajstić information content (AvgIpc) is 2.58. The van der Waals surface area contributed by atoms with Crippen molar-refractivity contribution in [2.75, 3.05) is 13.2 Å². The molecule has 0 aliphatic carbocycles. The summed E-state index contributed by atoms with van der Waals surface area (Å²) in [6.07, 6.45) is 0.159. The fourth-order valence-corrected chi connectivity index (χ4v) is 2.29. The van der Waals surface area contributed by atoms with E-state index < -0.39 is 0 Å². The van der Waals surface area contributed by atoms with Crippen LogP contribution >= 0.6 is 0 Å². The van der Waals surface area contributed by atoms with Crippen LogP contribution in [0.1, 0.15) is 41.5 Å². The molecule has 0 radical (unpaired) electrons. The standard InChI is InChI=1S/C20H23NO3/c1-14(2)24-12-11-21-20(23)17-9-7-16(8-10-17)19-6-4-5-18(13-19)15(3)22/h4-10,13-14H,11-12H2,1-3H3,(H,21,23). The van der Waals surface area contributed by atoms with Crippen LogP contribution in [0.3, 0.4) is 0 Å². The highest BCUT2D eigenvalue weighted by atomic mass is 16.5. The van der Waals surface area contributed by atoms with E-state index in [1.807, 2.05) is 44.2 Å². The topological polar surface area (TPSA) is 55.4 Å². The first-order valence-corrected chi connectivity index (χ1v) is 8.08. The minimum Gasteiger partial charge on any atom is -0.377 e. The maximum absolute atomic E-state index is 12.1. The second-order valence-electron chi connectivity index (χ2n) is 5.89. The number of rotatable bonds is 7. The third kappa shape index (κ3) is 5.03. The number of amides is 1. The molecule has 4 heteroatoms. The Kier molecular flexibility index (Phi) is 6.27. The first kappa shape index (κ1) is 17.9. The number of benzene rings is 2. The van der Waals surface area contributed by atoms with Crippen LogP contribution < -0.4 is 5.32 Å². The Morgan fingerprint density at radius 3 is 2.33 bits per heavy atom. The SMILES string of the molecule is CC(=O)c1cccc(-c2ccc(C(=O)NCCOC(C)C)cc2)c1. The van der Waals surface area contributed by atoms with Crippen molar-refractivity contribution in [2.24, 2.45) is 0 Å². The van der Waals surface area contributed by atoms with Gasteiger partial charge in [-0.1, -0.05) is 30.3 Å². The molecule has 0 heterocycles. The van der Waals surface area contributed by atoms with Crippen LogP contribution in [0.5, 0.6) is 0 Å². The molecule has 4 nitrogen and oxygen atoms in total. The summed E-state index contributed by atoms with van der Waals surface area (Å²) in [6, 6.07) is 14.8. The molecular formula is C20H23NO3. The van der Waals surface area contributed by atoms with Crippen LogP contribution in [0.15, 0.2) is 48.5 Å². The Balaban J connectivity index is 2.01. The maximum Gasteiger partial charge on any atom is 0.251 e. The average molecular weight is 325 g/mol. The van der Waals surface area contributed by atoms with Gasteiger partial charge in [0, 0.05) is 17.7 Å². The van der Waals surface area contributed by atoms with Gasteiger partial charge < -0.3 is 10.1 Å². The molecule has 0 unspecified atom stereocenters. The highest BCUT2D eigenvalue weighted by molar-refractivity contribution is 5.96. The minimum atomic E-state index is -0.119. The molecule has 24 heavy (non-hydrogen) atoms. The molecule has 1 N–H and O–H groups in total. The first-order valence-electron chi connectivity index (χ1n) is 8.08. The van der Waals surface area contributed by atoms with E-state index in [1.165, 1.54) is 0 Å². The Bertz CT molecular complexity index is 705. The van der Waals surface area contributed by atoms with Gasteiger partial charge in [0.1, 0.15) is 0 Å². The van der Waals surface area contributed by atoms with E-state index in [0.29, 0.717) is 24.3 Å². The van der Waals surface area contributed by atoms with Crippen LogP contribution in [-0.2, 0) is 4.74 Å². The van der Waals surface area contributed by atoms with Crippen LogP contribution in [0, 0.1) is 0 Å². The second-order valence-corrected chi connectivity index (χ2v) is 5.89. The lowest BCUT2D eigenvalue weighted by molar-refractivity contribution is 0.0746. The highest BCUT2D eigenvalue weighted by Gasteiger charge is 2.07. The zero-order chi connectivity index (χ0) is 17.5. The van der Waals surface area contributed by atoms with Gasteiger partial charge in [-0.25, -0.2) is 0 Å². The zero-order valence-corrected chi connectivity index (χ0v) is 14.3. The van der Waals surface area contributed by atoms with E-state index in [2.05, 4.69) is 5.32 Å². The zero-order valence-electron chi connectivity index (χ0n) is 14.3. The lowest BCUT2D eigenvalue weighted by atomic mass is 10.0. The maximum atomic E-state index is 12.1. The van der Waals surface area contributed by atoms with E-state index in [1.54, 1.807) is 25.1 Å². The Labute approximate surface area is 142 Å². The Morgan fingerprint density at radius 2 is 1.71 bits per heavy atom. The van der Waals surface area contributed by atoms with Crippen LogP contribution in [0.25, 0.3) is 11.1 Å². The normalized spacial score (nSPS) is 10.7. The molecule has 0 aliphatic rings. The number of ether oxygens (including phenoxy) is 1. The van der Waals surface area contributed by atoms with Crippen LogP contribution in [-0.4, -0.2) is 30.9 Å². The van der Waals surface area contributed by atoms with Crippen molar-refractivity contribution in [1.29, 1.82) is 0 Å². The number of hydrogen-bond donors (Lipinski definition) is 1. The fourth-order valence-electron chi connectivity index (χ4n) is 2.29. The molecule has 0 saturated heterocycles. The molecule has 2 aromatic rings. The van der Waals surface area contributed by atoms with E-state index in [9.17, 15) is 9.59 Å². The third-order valence-corrected chi connectivity index (χ3v) is 3.59. The van der Waals surface area contributed by atoms with Gasteiger partial charge >= 0.3 is 0 Å². The quantitative estimate of drug-likeness (QED) is 0.623. The van der Waals surface area contributed by atoms with Gasteiger partial charge in [-0.3, -0.25) is 9.59 Å². The largest absolute Gasteiger partial charge is 0.377 e. The third-order valence-electron chi connectivity index (χ3n) is 3.59. The highest BCUT2D eigenvalue weighted by Crippen LogP contribution is 2.21. The predicted molar refractivity (Wildman–Crippen MR) is 95.3 cm³/mol. The summed E-state index contributed by atoms with van der Waals surface area (Å²) in [6.45, 7) is 6.46. The van der Waals surface area contributed by atoms with Gasteiger partial charge in [0.25, 0.3) is 5.91 Å². The van der Waals surface area contributed by atoms with Crippen molar-refractivity contribution >= 4 is 11.7 Å². The van der Waals surface area contributed by atoms with Crippen molar-refractivity contribution in [2.45, 2.75) is 26.9 Å². The molecule has 0 fully saturated rings. The molecule has 2 rings (SSSR count). The van der Waals surface area contributed by atoms with E-state index >= 15 is 0 Å². The summed E-state index contributed by atoms with van der Waals surface area (Å²) in [4.78, 5) is 23.5. The number of nitrogens with one attached hydrogen (secondary N) is 1. The van der Waals surface area contributed by atoms with Crippen molar-refractivity contribution < 1.29 is 14.3 Å². The molecule has 0 saturated carbocycles. The van der Waals surface area contributed by atoms with E-state index in [-0.39, 0.29) is 17.8 Å². The number of hydrogen-bond acceptors (Lipinski definition) is 3. The lowest BCUT2D eigenvalue weighted by Gasteiger charge is -2.09. The summed E-state index contributed by atoms with van der Waals surface area (Å²) < 4.78 is 5.39. The summed E-state index contributed by atoms with van der Waals surface area (Å²) in [5.74, 6) is -0.0807. The van der Waals surface area contributed by atoms with Gasteiger partial charge in [-0.05, 0) is 50.1 Å². The smallest absolute Gasteiger partial charge is 0.251 e. The fraction of sp³-hybridized carbons (Fsp3) is 0.300. The van der Waals surface area contributed by atoms with Gasteiger partial charge in [-0.2, -0.15) is 0 Å². The van der Waals surface area contributed by atoms with E-state index in [0.717, 1.165) is 11.1 Å². The van der Waals surface area contributed by atoms with Crippen molar-refractivity contribution in [1.82, 2.24) is 5.32 Å². The molecule has 1 amide bonds. The molecule has 0 bridgehead atoms. The van der Waals surface area contributed by atoms with Gasteiger partial charge in [0.05, 0.1) is 12.7 Å². The summed E-state index contributed by atoms with van der Waals surface area (Å²) in [7, 11) is 0. The first-order chi connectivity index (χ1) is 11.5. The molecule has 0 spiro atoms. The molecule has 0 atom stereocenters. The predicted octanol–water partition coefficient (Wildman–Crippen LogP) is 3.71. The van der Waals surface area contributed by atoms with Crippen molar-refractivity contribution in [3.05, 3.63) is 59.7 Å². The lowest BCUT2D eigenvalue weighted by Crippen LogP contribution is -2.27. The summed E-state index contributed by atoms with van der Waals surface area (Å²) >= 11 is 0. The number of carbonyl (C=O) groups excluding carboxylic acids is 2. The summed E-state index contributed by atoms with van der Waals surface area (Å²) in [5.41, 5.74) is 3.21. The van der Waals surface area contributed by atoms with Crippen molar-refractivity contribution in [3.8, 4) is 11.1 Å². The number of ketones is 1. The molecule has 126 valence electrons. The molecule has 2 aromatic carbocycles. The number of carbonyl (C=O) groups is 2. The van der Waals surface area contributed by atoms with Gasteiger partial charge in [0.2, 0.25) is 0 Å². The molecule has 0 aliphatic heterocycles. The van der Waals surface area contributed by atoms with Gasteiger partial charge in [0.15, 0.2) is 5.78 Å². The Hall–Kier alpha value is -2.46. The summed E-state index contributed by atoms with van der Waals surface area (Å²) in [5, 5.41) is 2.83. The molecular weight excluding hydrogens is 302 g/mol.